The number of carbonyl (C=O) groups is 1. The first-order valence-corrected chi connectivity index (χ1v) is 7.48. The Morgan fingerprint density at radius 2 is 2.21 bits per heavy atom. The third kappa shape index (κ3) is 5.08. The average molecular weight is 351 g/mol. The van der Waals surface area contributed by atoms with E-state index in [1.165, 1.54) is 16.2 Å². The van der Waals surface area contributed by atoms with Crippen molar-refractivity contribution >= 4 is 38.5 Å². The maximum absolute atomic E-state index is 12.3. The van der Waals surface area contributed by atoms with Gasteiger partial charge in [0.05, 0.1) is 22.6 Å². The number of carbonyl (C=O) groups excluding carboxylic acids is 1. The highest BCUT2D eigenvalue weighted by Crippen LogP contribution is 2.29. The van der Waals surface area contributed by atoms with Gasteiger partial charge in [0.25, 0.3) is 0 Å². The van der Waals surface area contributed by atoms with Crippen LogP contribution in [0.15, 0.2) is 9.98 Å². The van der Waals surface area contributed by atoms with E-state index in [1.54, 1.807) is 13.3 Å². The van der Waals surface area contributed by atoms with E-state index in [9.17, 15) is 4.79 Å². The Labute approximate surface area is 126 Å². The zero-order valence-electron chi connectivity index (χ0n) is 11.8. The van der Waals surface area contributed by atoms with Crippen molar-refractivity contribution in [2.24, 2.45) is 0 Å². The molecule has 0 fully saturated rings. The molecule has 7 heteroatoms. The molecule has 1 amide bonds. The van der Waals surface area contributed by atoms with Crippen molar-refractivity contribution in [2.75, 3.05) is 18.6 Å². The van der Waals surface area contributed by atoms with Gasteiger partial charge in [0.2, 0.25) is 0 Å². The molecule has 1 unspecified atom stereocenters. The van der Waals surface area contributed by atoms with Crippen LogP contribution in [0.5, 0.6) is 0 Å². The fraction of sp³-hybridized carbons (Fsp3) is 0.667. The Balaban J connectivity index is 2.95. The lowest BCUT2D eigenvalue weighted by Crippen LogP contribution is -2.44. The van der Waals surface area contributed by atoms with Crippen LogP contribution in [0.4, 0.5) is 9.93 Å². The molecule has 0 saturated heterocycles. The standard InChI is InChI=1S/C12H19BrN2O3S/c1-8(7-17-5)15(10-14-6-9(13)19-10)11(16)18-12(2,3)4/h6,8H,7H2,1-5H3. The minimum Gasteiger partial charge on any atom is -0.443 e. The van der Waals surface area contributed by atoms with E-state index in [4.69, 9.17) is 9.47 Å². The predicted octanol–water partition coefficient (Wildman–Crippen LogP) is 3.68. The van der Waals surface area contributed by atoms with Crippen molar-refractivity contribution in [1.29, 1.82) is 0 Å². The molecule has 19 heavy (non-hydrogen) atoms. The van der Waals surface area contributed by atoms with Crippen LogP contribution in [0, 0.1) is 0 Å². The molecule has 1 atom stereocenters. The van der Waals surface area contributed by atoms with E-state index in [-0.39, 0.29) is 6.04 Å². The second kappa shape index (κ2) is 6.67. The second-order valence-corrected chi connectivity index (χ2v) is 7.49. The summed E-state index contributed by atoms with van der Waals surface area (Å²) in [4.78, 5) is 18.0. The molecule has 0 bridgehead atoms. The van der Waals surface area contributed by atoms with Crippen LogP contribution in [0.3, 0.4) is 0 Å². The molecule has 0 saturated carbocycles. The molecule has 0 radical (unpaired) electrons. The number of hydrogen-bond acceptors (Lipinski definition) is 5. The number of rotatable bonds is 4. The lowest BCUT2D eigenvalue weighted by molar-refractivity contribution is 0.0547. The van der Waals surface area contributed by atoms with E-state index in [0.29, 0.717) is 11.7 Å². The fourth-order valence-electron chi connectivity index (χ4n) is 1.43. The number of methoxy groups -OCH3 is 1. The van der Waals surface area contributed by atoms with Crippen LogP contribution < -0.4 is 4.90 Å². The first-order chi connectivity index (χ1) is 8.74. The van der Waals surface area contributed by atoms with Gasteiger partial charge in [0.1, 0.15) is 5.60 Å². The molecule has 0 aliphatic rings. The number of anilines is 1. The van der Waals surface area contributed by atoms with Crippen molar-refractivity contribution in [3.8, 4) is 0 Å². The van der Waals surface area contributed by atoms with Crippen molar-refractivity contribution in [3.05, 3.63) is 9.98 Å². The maximum Gasteiger partial charge on any atom is 0.416 e. The lowest BCUT2D eigenvalue weighted by atomic mass is 10.2. The average Bonchev–Trinajstić information content (AvgIpc) is 2.62. The third-order valence-electron chi connectivity index (χ3n) is 2.11. The number of nitrogens with zero attached hydrogens (tertiary/aromatic N) is 2. The van der Waals surface area contributed by atoms with Crippen molar-refractivity contribution in [1.82, 2.24) is 4.98 Å². The number of aromatic nitrogens is 1. The molecule has 0 aliphatic carbocycles. The van der Waals surface area contributed by atoms with Crippen molar-refractivity contribution < 1.29 is 14.3 Å². The predicted molar refractivity (Wildman–Crippen MR) is 79.9 cm³/mol. The Hall–Kier alpha value is -0.660. The summed E-state index contributed by atoms with van der Waals surface area (Å²) in [6.45, 7) is 7.81. The number of hydrogen-bond donors (Lipinski definition) is 0. The van der Waals surface area contributed by atoms with Crippen LogP contribution >= 0.6 is 27.3 Å². The van der Waals surface area contributed by atoms with Gasteiger partial charge in [-0.2, -0.15) is 0 Å². The van der Waals surface area contributed by atoms with Gasteiger partial charge in [-0.25, -0.2) is 14.7 Å². The molecule has 1 aromatic rings. The summed E-state index contributed by atoms with van der Waals surface area (Å²) in [7, 11) is 1.60. The maximum atomic E-state index is 12.3. The summed E-state index contributed by atoms with van der Waals surface area (Å²) in [5, 5.41) is 0.589. The van der Waals surface area contributed by atoms with E-state index in [2.05, 4.69) is 20.9 Å². The highest BCUT2D eigenvalue weighted by Gasteiger charge is 2.29. The largest absolute Gasteiger partial charge is 0.443 e. The van der Waals surface area contributed by atoms with Gasteiger partial charge in [-0.3, -0.25) is 0 Å². The van der Waals surface area contributed by atoms with E-state index in [1.807, 2.05) is 27.7 Å². The van der Waals surface area contributed by atoms with E-state index >= 15 is 0 Å². The molecule has 1 heterocycles. The number of halogens is 1. The highest BCUT2D eigenvalue weighted by atomic mass is 79.9. The lowest BCUT2D eigenvalue weighted by Gasteiger charge is -2.29. The normalized spacial score (nSPS) is 13.2. The third-order valence-corrected chi connectivity index (χ3v) is 3.59. The zero-order valence-corrected chi connectivity index (χ0v) is 14.2. The van der Waals surface area contributed by atoms with Crippen LogP contribution in [-0.4, -0.2) is 36.4 Å². The summed E-state index contributed by atoms with van der Waals surface area (Å²) in [6, 6.07) is -0.155. The van der Waals surface area contributed by atoms with E-state index in [0.717, 1.165) is 3.79 Å². The Morgan fingerprint density at radius 1 is 1.58 bits per heavy atom. The van der Waals surface area contributed by atoms with Gasteiger partial charge in [-0.05, 0) is 43.6 Å². The quantitative estimate of drug-likeness (QED) is 0.830. The molecule has 0 spiro atoms. The molecular weight excluding hydrogens is 332 g/mol. The summed E-state index contributed by atoms with van der Waals surface area (Å²) in [6.07, 6.45) is 1.25. The van der Waals surface area contributed by atoms with Gasteiger partial charge in [0.15, 0.2) is 5.13 Å². The molecule has 1 rings (SSSR count). The molecule has 0 aliphatic heterocycles. The summed E-state index contributed by atoms with van der Waals surface area (Å²) in [5.41, 5.74) is -0.545. The van der Waals surface area contributed by atoms with Gasteiger partial charge >= 0.3 is 6.09 Å². The summed E-state index contributed by atoms with van der Waals surface area (Å²) < 4.78 is 11.4. The van der Waals surface area contributed by atoms with Gasteiger partial charge < -0.3 is 9.47 Å². The van der Waals surface area contributed by atoms with Gasteiger partial charge in [-0.15, -0.1) is 0 Å². The van der Waals surface area contributed by atoms with Crippen LogP contribution in [0.1, 0.15) is 27.7 Å². The molecule has 5 nitrogen and oxygen atoms in total. The number of amides is 1. The molecule has 1 aromatic heterocycles. The summed E-state index contributed by atoms with van der Waals surface area (Å²) in [5.74, 6) is 0. The Kier molecular flexibility index (Phi) is 5.76. The minimum absolute atomic E-state index is 0.155. The topological polar surface area (TPSA) is 51.7 Å². The minimum atomic E-state index is -0.545. The highest BCUT2D eigenvalue weighted by molar-refractivity contribution is 9.11. The van der Waals surface area contributed by atoms with Crippen LogP contribution in [0.25, 0.3) is 0 Å². The zero-order chi connectivity index (χ0) is 14.6. The number of thiazole rings is 1. The second-order valence-electron chi connectivity index (χ2n) is 5.10. The first kappa shape index (κ1) is 16.4. The van der Waals surface area contributed by atoms with Crippen molar-refractivity contribution in [3.63, 3.8) is 0 Å². The molecular formula is C12H19BrN2O3S. The van der Waals surface area contributed by atoms with Crippen LogP contribution in [0.2, 0.25) is 0 Å². The van der Waals surface area contributed by atoms with Gasteiger partial charge in [-0.1, -0.05) is 11.3 Å². The fourth-order valence-corrected chi connectivity index (χ4v) is 2.71. The van der Waals surface area contributed by atoms with Gasteiger partial charge in [0, 0.05) is 7.11 Å². The Morgan fingerprint density at radius 3 is 2.63 bits per heavy atom. The SMILES string of the molecule is COCC(C)N(C(=O)OC(C)(C)C)c1ncc(Br)s1. The number of ether oxygens (including phenoxy) is 2. The molecule has 108 valence electrons. The van der Waals surface area contributed by atoms with Crippen LogP contribution in [-0.2, 0) is 9.47 Å². The van der Waals surface area contributed by atoms with Crippen molar-refractivity contribution in [2.45, 2.75) is 39.3 Å². The molecule has 0 aromatic carbocycles. The Bertz CT molecular complexity index is 431. The molecule has 0 N–H and O–H groups in total. The smallest absolute Gasteiger partial charge is 0.416 e. The monoisotopic (exact) mass is 350 g/mol. The first-order valence-electron chi connectivity index (χ1n) is 5.87. The summed E-state index contributed by atoms with van der Waals surface area (Å²) >= 11 is 4.72. The van der Waals surface area contributed by atoms with E-state index < -0.39 is 11.7 Å².